The lowest BCUT2D eigenvalue weighted by molar-refractivity contribution is -0.136. The summed E-state index contributed by atoms with van der Waals surface area (Å²) in [6, 6.07) is 4.70. The molecule has 1 atom stereocenters. The quantitative estimate of drug-likeness (QED) is 0.779. The lowest BCUT2D eigenvalue weighted by atomic mass is 9.67. The molecule has 1 aliphatic carbocycles. The van der Waals surface area contributed by atoms with Crippen LogP contribution in [0.5, 0.6) is 0 Å². The number of nitrogens with zero attached hydrogens (tertiary/aromatic N) is 2. The smallest absolute Gasteiger partial charge is 0.325 e. The first-order valence-corrected chi connectivity index (χ1v) is 9.97. The van der Waals surface area contributed by atoms with Crippen LogP contribution in [0.4, 0.5) is 4.79 Å². The number of carbonyl (C=O) groups is 3. The molecule has 0 aromatic carbocycles. The van der Waals surface area contributed by atoms with Crippen LogP contribution in [0.3, 0.4) is 0 Å². The van der Waals surface area contributed by atoms with Crippen LogP contribution in [0.25, 0.3) is 0 Å². The number of nitrogens with one attached hydrogen (secondary N) is 2. The van der Waals surface area contributed by atoms with E-state index in [4.69, 9.17) is 0 Å². The molecule has 2 heterocycles. The van der Waals surface area contributed by atoms with E-state index in [1.807, 2.05) is 19.1 Å². The van der Waals surface area contributed by atoms with Crippen LogP contribution in [0.15, 0.2) is 24.4 Å². The van der Waals surface area contributed by atoms with Crippen LogP contribution in [-0.2, 0) is 9.59 Å². The van der Waals surface area contributed by atoms with Gasteiger partial charge in [-0.2, -0.15) is 0 Å². The van der Waals surface area contributed by atoms with E-state index in [1.165, 1.54) is 0 Å². The molecule has 1 aromatic heterocycles. The summed E-state index contributed by atoms with van der Waals surface area (Å²) >= 11 is 0. The number of carbonyl (C=O) groups excluding carboxylic acids is 3. The second kappa shape index (κ2) is 7.53. The molecule has 0 bridgehead atoms. The molecule has 1 aromatic rings. The third-order valence-corrected chi connectivity index (χ3v) is 6.12. The number of urea groups is 1. The van der Waals surface area contributed by atoms with E-state index in [2.05, 4.69) is 36.4 Å². The molecule has 1 saturated heterocycles. The molecule has 0 radical (unpaired) electrons. The summed E-state index contributed by atoms with van der Waals surface area (Å²) in [7, 11) is 0. The van der Waals surface area contributed by atoms with E-state index < -0.39 is 11.6 Å². The minimum atomic E-state index is -0.842. The van der Waals surface area contributed by atoms with Gasteiger partial charge in [-0.1, -0.05) is 26.8 Å². The molecular formula is C21H30N4O3. The molecule has 1 unspecified atom stereocenters. The Morgan fingerprint density at radius 3 is 2.57 bits per heavy atom. The summed E-state index contributed by atoms with van der Waals surface area (Å²) in [6.45, 7) is 8.19. The fourth-order valence-corrected chi connectivity index (χ4v) is 4.27. The molecule has 4 amide bonds. The highest BCUT2D eigenvalue weighted by Crippen LogP contribution is 2.43. The van der Waals surface area contributed by atoms with Crippen molar-refractivity contribution in [3.8, 4) is 0 Å². The Labute approximate surface area is 166 Å². The average Bonchev–Trinajstić information content (AvgIpc) is 2.86. The number of hydrogen-bond donors (Lipinski definition) is 2. The number of imide groups is 1. The number of amides is 4. The first-order chi connectivity index (χ1) is 13.1. The Hall–Kier alpha value is -2.44. The van der Waals surface area contributed by atoms with Crippen LogP contribution >= 0.6 is 0 Å². The first kappa shape index (κ1) is 20.3. The Kier molecular flexibility index (Phi) is 5.46. The van der Waals surface area contributed by atoms with Crippen molar-refractivity contribution >= 4 is 17.8 Å². The monoisotopic (exact) mass is 386 g/mol. The highest BCUT2D eigenvalue weighted by atomic mass is 16.2. The molecule has 1 aliphatic heterocycles. The summed E-state index contributed by atoms with van der Waals surface area (Å²) < 4.78 is 0. The predicted octanol–water partition coefficient (Wildman–Crippen LogP) is 2.79. The van der Waals surface area contributed by atoms with Crippen LogP contribution in [-0.4, -0.2) is 39.8 Å². The van der Waals surface area contributed by atoms with Gasteiger partial charge in [-0.3, -0.25) is 19.5 Å². The van der Waals surface area contributed by atoms with Crippen LogP contribution in [0.2, 0.25) is 0 Å². The Bertz CT molecular complexity index is 749. The molecule has 2 fully saturated rings. The molecule has 7 heteroatoms. The molecule has 28 heavy (non-hydrogen) atoms. The first-order valence-electron chi connectivity index (χ1n) is 9.97. The van der Waals surface area contributed by atoms with E-state index in [-0.39, 0.29) is 29.8 Å². The topological polar surface area (TPSA) is 91.4 Å². The summed E-state index contributed by atoms with van der Waals surface area (Å²) in [6.07, 6.45) is 4.70. The largest absolute Gasteiger partial charge is 0.346 e. The van der Waals surface area contributed by atoms with E-state index in [9.17, 15) is 14.4 Å². The van der Waals surface area contributed by atoms with Gasteiger partial charge in [0, 0.05) is 6.20 Å². The van der Waals surface area contributed by atoms with Gasteiger partial charge in [-0.15, -0.1) is 0 Å². The summed E-state index contributed by atoms with van der Waals surface area (Å²) in [4.78, 5) is 43.1. The minimum Gasteiger partial charge on any atom is -0.346 e. The Balaban J connectivity index is 1.60. The lowest BCUT2D eigenvalue weighted by Gasteiger charge is -2.40. The van der Waals surface area contributed by atoms with Gasteiger partial charge in [-0.05, 0) is 56.1 Å². The molecule has 2 N–H and O–H groups in total. The fourth-order valence-electron chi connectivity index (χ4n) is 4.27. The van der Waals surface area contributed by atoms with Crippen molar-refractivity contribution in [3.63, 3.8) is 0 Å². The number of aromatic nitrogens is 1. The molecule has 1 spiro atoms. The van der Waals surface area contributed by atoms with Gasteiger partial charge in [0.1, 0.15) is 12.1 Å². The van der Waals surface area contributed by atoms with Crippen LogP contribution < -0.4 is 10.6 Å². The highest BCUT2D eigenvalue weighted by molar-refractivity contribution is 6.09. The zero-order valence-electron chi connectivity index (χ0n) is 17.1. The van der Waals surface area contributed by atoms with Crippen molar-refractivity contribution in [3.05, 3.63) is 30.1 Å². The van der Waals surface area contributed by atoms with E-state index in [0.717, 1.165) is 23.4 Å². The summed E-state index contributed by atoms with van der Waals surface area (Å²) in [5.74, 6) is -0.119. The van der Waals surface area contributed by atoms with Crippen molar-refractivity contribution < 1.29 is 14.4 Å². The SMILES string of the molecule is CC(NC(=O)CN1C(=O)NC2(CCC(C(C)(C)C)CC2)C1=O)c1ccccn1. The molecule has 7 nitrogen and oxygen atoms in total. The standard InChI is InChI=1S/C21H30N4O3/c1-14(16-7-5-6-12-22-16)23-17(26)13-25-18(27)21(24-19(25)28)10-8-15(9-11-21)20(2,3)4/h5-7,12,14-15H,8-11,13H2,1-4H3,(H,23,26)(H,24,28). The third-order valence-electron chi connectivity index (χ3n) is 6.12. The van der Waals surface area contributed by atoms with E-state index in [0.29, 0.717) is 18.8 Å². The van der Waals surface area contributed by atoms with Crippen LogP contribution in [0, 0.1) is 11.3 Å². The van der Waals surface area contributed by atoms with Crippen molar-refractivity contribution in [2.75, 3.05) is 6.54 Å². The number of hydrogen-bond acceptors (Lipinski definition) is 4. The zero-order chi connectivity index (χ0) is 20.5. The van der Waals surface area contributed by atoms with Gasteiger partial charge >= 0.3 is 6.03 Å². The zero-order valence-corrected chi connectivity index (χ0v) is 17.1. The van der Waals surface area contributed by atoms with Crippen molar-refractivity contribution in [2.24, 2.45) is 11.3 Å². The molecule has 3 rings (SSSR count). The van der Waals surface area contributed by atoms with Gasteiger partial charge in [-0.25, -0.2) is 4.79 Å². The van der Waals surface area contributed by atoms with Gasteiger partial charge < -0.3 is 10.6 Å². The molecular weight excluding hydrogens is 356 g/mol. The maximum Gasteiger partial charge on any atom is 0.325 e. The summed E-state index contributed by atoms with van der Waals surface area (Å²) in [5, 5.41) is 5.68. The van der Waals surface area contributed by atoms with E-state index in [1.54, 1.807) is 12.3 Å². The van der Waals surface area contributed by atoms with Gasteiger partial charge in [0.2, 0.25) is 5.91 Å². The van der Waals surface area contributed by atoms with Crippen molar-refractivity contribution in [2.45, 2.75) is 65.0 Å². The van der Waals surface area contributed by atoms with E-state index >= 15 is 0 Å². The fraction of sp³-hybridized carbons (Fsp3) is 0.619. The maximum atomic E-state index is 13.0. The number of rotatable bonds is 4. The molecule has 1 saturated carbocycles. The maximum absolute atomic E-state index is 13.0. The Morgan fingerprint density at radius 1 is 1.32 bits per heavy atom. The minimum absolute atomic E-state index is 0.189. The van der Waals surface area contributed by atoms with Crippen LogP contribution in [0.1, 0.15) is 65.1 Å². The Morgan fingerprint density at radius 2 is 2.00 bits per heavy atom. The summed E-state index contributed by atoms with van der Waals surface area (Å²) in [5.41, 5.74) is 0.0743. The second-order valence-electron chi connectivity index (χ2n) is 9.09. The van der Waals surface area contributed by atoms with Crippen molar-refractivity contribution in [1.82, 2.24) is 20.5 Å². The lowest BCUT2D eigenvalue weighted by Crippen LogP contribution is -2.51. The average molecular weight is 386 g/mol. The third kappa shape index (κ3) is 4.03. The second-order valence-corrected chi connectivity index (χ2v) is 9.09. The normalized spacial score (nSPS) is 26.3. The van der Waals surface area contributed by atoms with Crippen molar-refractivity contribution in [1.29, 1.82) is 0 Å². The van der Waals surface area contributed by atoms with Gasteiger partial charge in [0.05, 0.1) is 11.7 Å². The number of pyridine rings is 1. The highest BCUT2D eigenvalue weighted by Gasteiger charge is 2.53. The molecule has 152 valence electrons. The predicted molar refractivity (Wildman–Crippen MR) is 105 cm³/mol. The van der Waals surface area contributed by atoms with Gasteiger partial charge in [0.15, 0.2) is 0 Å². The molecule has 2 aliphatic rings. The van der Waals surface area contributed by atoms with Gasteiger partial charge in [0.25, 0.3) is 5.91 Å².